The average Bonchev–Trinajstić information content (AvgIpc) is 3.06. The maximum absolute atomic E-state index is 13.3. The molecule has 1 aromatic carbocycles. The summed E-state index contributed by atoms with van der Waals surface area (Å²) in [6.45, 7) is 11.2. The van der Waals surface area contributed by atoms with Crippen LogP contribution in [0.15, 0.2) is 24.3 Å². The van der Waals surface area contributed by atoms with Gasteiger partial charge in [0.25, 0.3) is 5.91 Å². The highest BCUT2D eigenvalue weighted by molar-refractivity contribution is 6.10. The maximum Gasteiger partial charge on any atom is 0.257 e. The molecule has 3 N–H and O–H groups in total. The van der Waals surface area contributed by atoms with Crippen molar-refractivity contribution in [3.8, 4) is 0 Å². The largest absolute Gasteiger partial charge is 0.384 e. The molecule has 0 spiro atoms. The summed E-state index contributed by atoms with van der Waals surface area (Å²) in [7, 11) is 0. The normalized spacial score (nSPS) is 16.0. The summed E-state index contributed by atoms with van der Waals surface area (Å²) < 4.78 is 7.41. The van der Waals surface area contributed by atoms with Gasteiger partial charge in [0.05, 0.1) is 24.2 Å². The third kappa shape index (κ3) is 5.45. The summed E-state index contributed by atoms with van der Waals surface area (Å²) in [5.74, 6) is 0.918. The van der Waals surface area contributed by atoms with E-state index in [1.165, 1.54) is 0 Å². The minimum Gasteiger partial charge on any atom is -0.384 e. The van der Waals surface area contributed by atoms with Gasteiger partial charge in [-0.1, -0.05) is 38.8 Å². The molecule has 8 nitrogen and oxygen atoms in total. The molecule has 3 heterocycles. The number of amides is 1. The van der Waals surface area contributed by atoms with Gasteiger partial charge in [-0.3, -0.25) is 9.69 Å². The monoisotopic (exact) mass is 452 g/mol. The number of rotatable bonds is 9. The molecule has 2 aromatic heterocycles. The first-order valence-corrected chi connectivity index (χ1v) is 12.1. The molecule has 1 atom stereocenters. The number of ether oxygens (including phenoxy) is 1. The van der Waals surface area contributed by atoms with Gasteiger partial charge in [0, 0.05) is 32.2 Å². The first-order chi connectivity index (χ1) is 15.9. The van der Waals surface area contributed by atoms with Crippen molar-refractivity contribution in [3.63, 3.8) is 0 Å². The number of carbonyl (C=O) groups is 1. The van der Waals surface area contributed by atoms with Gasteiger partial charge in [0.2, 0.25) is 0 Å². The van der Waals surface area contributed by atoms with E-state index in [9.17, 15) is 4.79 Å². The Bertz CT molecular complexity index is 1100. The Morgan fingerprint density at radius 1 is 1.09 bits per heavy atom. The van der Waals surface area contributed by atoms with Gasteiger partial charge in [-0.15, -0.1) is 0 Å². The summed E-state index contributed by atoms with van der Waals surface area (Å²) >= 11 is 0. The lowest BCUT2D eigenvalue weighted by atomic mass is 10.0. The van der Waals surface area contributed by atoms with Crippen LogP contribution in [0.3, 0.4) is 0 Å². The van der Waals surface area contributed by atoms with Crippen LogP contribution >= 0.6 is 0 Å². The Morgan fingerprint density at radius 3 is 2.48 bits per heavy atom. The number of carbonyl (C=O) groups excluding carboxylic acids is 1. The zero-order valence-corrected chi connectivity index (χ0v) is 20.0. The molecule has 33 heavy (non-hydrogen) atoms. The highest BCUT2D eigenvalue weighted by Gasteiger charge is 2.25. The van der Waals surface area contributed by atoms with Crippen molar-refractivity contribution in [1.29, 1.82) is 0 Å². The summed E-state index contributed by atoms with van der Waals surface area (Å²) in [6, 6.07) is 7.79. The van der Waals surface area contributed by atoms with Gasteiger partial charge in [-0.05, 0) is 31.4 Å². The Balaban J connectivity index is 1.63. The minimum absolute atomic E-state index is 0.0656. The van der Waals surface area contributed by atoms with Crippen molar-refractivity contribution in [1.82, 2.24) is 24.8 Å². The number of nitrogens with two attached hydrogens (primary N) is 1. The molecule has 0 saturated carbocycles. The predicted molar refractivity (Wildman–Crippen MR) is 132 cm³/mol. The fourth-order valence-corrected chi connectivity index (χ4v) is 4.43. The van der Waals surface area contributed by atoms with E-state index in [4.69, 9.17) is 20.4 Å². The van der Waals surface area contributed by atoms with Gasteiger partial charge in [-0.25, -0.2) is 9.97 Å². The van der Waals surface area contributed by atoms with E-state index >= 15 is 0 Å². The molecule has 0 bridgehead atoms. The summed E-state index contributed by atoms with van der Waals surface area (Å²) in [5.41, 5.74) is 9.81. The quantitative estimate of drug-likeness (QED) is 0.516. The molecule has 0 aliphatic carbocycles. The molecule has 1 aliphatic heterocycles. The minimum atomic E-state index is -0.177. The molecule has 0 radical (unpaired) electrons. The summed E-state index contributed by atoms with van der Waals surface area (Å²) in [6.07, 6.45) is 3.18. The van der Waals surface area contributed by atoms with Crippen molar-refractivity contribution in [2.45, 2.75) is 52.6 Å². The predicted octanol–water partition coefficient (Wildman–Crippen LogP) is 3.44. The number of hydrogen-bond donors (Lipinski definition) is 2. The molecule has 1 aliphatic rings. The number of morpholine rings is 1. The molecule has 0 unspecified atom stereocenters. The fourth-order valence-electron chi connectivity index (χ4n) is 4.43. The number of nitrogens with one attached hydrogen (secondary N) is 1. The van der Waals surface area contributed by atoms with Crippen LogP contribution in [-0.2, 0) is 11.3 Å². The van der Waals surface area contributed by atoms with E-state index in [1.807, 2.05) is 35.8 Å². The number of benzene rings is 1. The van der Waals surface area contributed by atoms with E-state index in [1.54, 1.807) is 0 Å². The van der Waals surface area contributed by atoms with Gasteiger partial charge < -0.3 is 20.4 Å². The zero-order chi connectivity index (χ0) is 23.4. The molecular weight excluding hydrogens is 416 g/mol. The van der Waals surface area contributed by atoms with E-state index in [2.05, 4.69) is 24.1 Å². The number of para-hydroxylation sites is 2. The van der Waals surface area contributed by atoms with Crippen LogP contribution in [-0.4, -0.2) is 64.2 Å². The number of nitrogens with zero attached hydrogens (tertiary/aromatic N) is 4. The second-order valence-corrected chi connectivity index (χ2v) is 9.45. The molecule has 1 saturated heterocycles. The first-order valence-electron chi connectivity index (χ1n) is 12.1. The number of aromatic nitrogens is 3. The fraction of sp³-hybridized carbons (Fsp3) is 0.560. The molecule has 178 valence electrons. The van der Waals surface area contributed by atoms with Crippen molar-refractivity contribution >= 4 is 33.9 Å². The van der Waals surface area contributed by atoms with Crippen molar-refractivity contribution < 1.29 is 9.53 Å². The number of anilines is 1. The lowest BCUT2D eigenvalue weighted by molar-refractivity contribution is 0.0366. The van der Waals surface area contributed by atoms with Crippen LogP contribution in [0.25, 0.3) is 22.2 Å². The Labute approximate surface area is 195 Å². The third-order valence-corrected chi connectivity index (χ3v) is 6.36. The van der Waals surface area contributed by atoms with E-state index in [-0.39, 0.29) is 11.9 Å². The second kappa shape index (κ2) is 10.5. The SMILES string of the molecule is CC(C)CCC[C@H](C)NC(=O)c1c(N)n(CCN2CCOCC2)c2nc3ccccc3nc12. The Hall–Kier alpha value is -2.71. The maximum atomic E-state index is 13.3. The number of nitrogen functional groups attached to an aromatic ring is 1. The standard InChI is InChI=1S/C25H36N6O2/c1-17(2)7-6-8-18(3)27-25(32)21-22-24(29-20-10-5-4-9-19(20)28-22)31(23(21)26)12-11-30-13-15-33-16-14-30/h4-5,9-10,17-18H,6-8,11-16,26H2,1-3H3,(H,27,32)/t18-/m0/s1. The zero-order valence-electron chi connectivity index (χ0n) is 20.0. The lowest BCUT2D eigenvalue weighted by Crippen LogP contribution is -2.38. The summed E-state index contributed by atoms with van der Waals surface area (Å²) in [4.78, 5) is 25.4. The molecule has 3 aromatic rings. The van der Waals surface area contributed by atoms with Crippen molar-refractivity contribution in [3.05, 3.63) is 29.8 Å². The van der Waals surface area contributed by atoms with Gasteiger partial charge >= 0.3 is 0 Å². The first kappa shape index (κ1) is 23.4. The Morgan fingerprint density at radius 2 is 1.79 bits per heavy atom. The lowest BCUT2D eigenvalue weighted by Gasteiger charge is -2.26. The van der Waals surface area contributed by atoms with Gasteiger partial charge in [0.15, 0.2) is 5.65 Å². The third-order valence-electron chi connectivity index (χ3n) is 6.36. The van der Waals surface area contributed by atoms with E-state index < -0.39 is 0 Å². The van der Waals surface area contributed by atoms with Gasteiger partial charge in [-0.2, -0.15) is 0 Å². The van der Waals surface area contributed by atoms with Crippen LogP contribution < -0.4 is 11.1 Å². The smallest absolute Gasteiger partial charge is 0.257 e. The molecular formula is C25H36N6O2. The second-order valence-electron chi connectivity index (χ2n) is 9.45. The van der Waals surface area contributed by atoms with Crippen LogP contribution in [0, 0.1) is 5.92 Å². The van der Waals surface area contributed by atoms with Crippen LogP contribution in [0.2, 0.25) is 0 Å². The average molecular weight is 453 g/mol. The van der Waals surface area contributed by atoms with Crippen molar-refractivity contribution in [2.24, 2.45) is 5.92 Å². The summed E-state index contributed by atoms with van der Waals surface area (Å²) in [5, 5.41) is 3.14. The number of hydrogen-bond acceptors (Lipinski definition) is 6. The Kier molecular flexibility index (Phi) is 7.45. The number of fused-ring (bicyclic) bond motifs is 2. The highest BCUT2D eigenvalue weighted by Crippen LogP contribution is 2.28. The highest BCUT2D eigenvalue weighted by atomic mass is 16.5. The van der Waals surface area contributed by atoms with E-state index in [0.717, 1.165) is 63.1 Å². The topological polar surface area (TPSA) is 98.3 Å². The van der Waals surface area contributed by atoms with Crippen molar-refractivity contribution in [2.75, 3.05) is 38.6 Å². The van der Waals surface area contributed by atoms with E-state index in [0.29, 0.717) is 35.0 Å². The van der Waals surface area contributed by atoms with Crippen LogP contribution in [0.1, 0.15) is 50.4 Å². The van der Waals surface area contributed by atoms with Crippen LogP contribution in [0.4, 0.5) is 5.82 Å². The van der Waals surface area contributed by atoms with Crippen LogP contribution in [0.5, 0.6) is 0 Å². The molecule has 1 fully saturated rings. The molecule has 1 amide bonds. The molecule has 4 rings (SSSR count). The molecule has 8 heteroatoms. The van der Waals surface area contributed by atoms with Gasteiger partial charge in [0.1, 0.15) is 16.9 Å².